The molecule has 0 saturated heterocycles. The smallest absolute Gasteiger partial charge is 0.226 e. The Kier molecular flexibility index (Phi) is 5.82. The van der Waals surface area contributed by atoms with Crippen molar-refractivity contribution in [3.8, 4) is 0 Å². The van der Waals surface area contributed by atoms with Crippen LogP contribution in [0.15, 0.2) is 28.7 Å². The summed E-state index contributed by atoms with van der Waals surface area (Å²) in [4.78, 5) is 13.8. The molecular formula is C14H21BrN2O. The average Bonchev–Trinajstić information content (AvgIpc) is 2.35. The number of carbonyl (C=O) groups excluding carboxylic acids is 1. The van der Waals surface area contributed by atoms with Crippen LogP contribution in [0.3, 0.4) is 0 Å². The van der Waals surface area contributed by atoms with Gasteiger partial charge in [-0.1, -0.05) is 35.0 Å². The van der Waals surface area contributed by atoms with E-state index in [1.165, 1.54) is 5.56 Å². The highest BCUT2D eigenvalue weighted by Gasteiger charge is 2.20. The first kappa shape index (κ1) is 15.2. The molecule has 1 amide bonds. The second-order valence-corrected chi connectivity index (χ2v) is 5.70. The van der Waals surface area contributed by atoms with Crippen molar-refractivity contribution < 1.29 is 4.79 Å². The zero-order chi connectivity index (χ0) is 13.7. The molecule has 2 N–H and O–H groups in total. The summed E-state index contributed by atoms with van der Waals surface area (Å²) < 4.78 is 1.07. The molecule has 0 radical (unpaired) electrons. The van der Waals surface area contributed by atoms with Crippen LogP contribution in [0.5, 0.6) is 0 Å². The van der Waals surface area contributed by atoms with Gasteiger partial charge in [-0.05, 0) is 31.0 Å². The Morgan fingerprint density at radius 2 is 1.89 bits per heavy atom. The monoisotopic (exact) mass is 312 g/mol. The van der Waals surface area contributed by atoms with Gasteiger partial charge in [0.2, 0.25) is 5.91 Å². The number of rotatable bonds is 5. The first-order chi connectivity index (χ1) is 8.41. The summed E-state index contributed by atoms with van der Waals surface area (Å²) in [6, 6.07) is 8.06. The van der Waals surface area contributed by atoms with Crippen LogP contribution in [-0.4, -0.2) is 30.4 Å². The van der Waals surface area contributed by atoms with Gasteiger partial charge in [-0.3, -0.25) is 4.79 Å². The normalized spacial score (nSPS) is 14.1. The van der Waals surface area contributed by atoms with E-state index in [1.54, 1.807) is 4.90 Å². The van der Waals surface area contributed by atoms with Crippen LogP contribution in [0.25, 0.3) is 0 Å². The average molecular weight is 313 g/mol. The molecule has 0 saturated carbocycles. The highest BCUT2D eigenvalue weighted by molar-refractivity contribution is 9.10. The predicted molar refractivity (Wildman–Crippen MR) is 78.3 cm³/mol. The number of halogens is 1. The number of carbonyl (C=O) groups is 1. The fourth-order valence-corrected chi connectivity index (χ4v) is 1.89. The number of amides is 1. The third-order valence-corrected chi connectivity index (χ3v) is 3.73. The number of benzene rings is 1. The number of hydrogen-bond donors (Lipinski definition) is 1. The summed E-state index contributed by atoms with van der Waals surface area (Å²) in [5, 5.41) is 0. The summed E-state index contributed by atoms with van der Waals surface area (Å²) in [5.41, 5.74) is 6.97. The van der Waals surface area contributed by atoms with Gasteiger partial charge < -0.3 is 10.6 Å². The first-order valence-corrected chi connectivity index (χ1v) is 6.96. The van der Waals surface area contributed by atoms with Crippen molar-refractivity contribution in [1.29, 1.82) is 0 Å². The number of nitrogens with two attached hydrogens (primary N) is 1. The lowest BCUT2D eigenvalue weighted by atomic mass is 10.0. The lowest BCUT2D eigenvalue weighted by Crippen LogP contribution is -2.40. The van der Waals surface area contributed by atoms with Crippen LogP contribution in [0.1, 0.15) is 19.4 Å². The maximum atomic E-state index is 12.0. The lowest BCUT2D eigenvalue weighted by Gasteiger charge is -2.23. The lowest BCUT2D eigenvalue weighted by molar-refractivity contribution is -0.134. The minimum absolute atomic E-state index is 0.104. The molecule has 0 heterocycles. The molecule has 0 aliphatic carbocycles. The molecule has 0 bridgehead atoms. The summed E-state index contributed by atoms with van der Waals surface area (Å²) >= 11 is 3.41. The molecule has 0 aromatic heterocycles. The van der Waals surface area contributed by atoms with Gasteiger partial charge in [0.05, 0.1) is 5.92 Å². The second-order valence-electron chi connectivity index (χ2n) is 4.78. The Balaban J connectivity index is 2.48. The largest absolute Gasteiger partial charge is 0.345 e. The van der Waals surface area contributed by atoms with Crippen molar-refractivity contribution in [3.63, 3.8) is 0 Å². The number of hydrogen-bond acceptors (Lipinski definition) is 2. The van der Waals surface area contributed by atoms with E-state index in [-0.39, 0.29) is 17.9 Å². The minimum atomic E-state index is -0.125. The van der Waals surface area contributed by atoms with Gasteiger partial charge in [-0.25, -0.2) is 0 Å². The van der Waals surface area contributed by atoms with Crippen molar-refractivity contribution >= 4 is 21.8 Å². The third kappa shape index (κ3) is 4.42. The van der Waals surface area contributed by atoms with E-state index >= 15 is 0 Å². The summed E-state index contributed by atoms with van der Waals surface area (Å²) in [6.07, 6.45) is 0.862. The van der Waals surface area contributed by atoms with Gasteiger partial charge in [-0.2, -0.15) is 0 Å². The zero-order valence-electron chi connectivity index (χ0n) is 11.2. The molecular weight excluding hydrogens is 292 g/mol. The molecule has 0 aliphatic rings. The standard InChI is InChI=1S/C14H21BrN2O/c1-10(11(2)16)14(18)17(3)9-8-12-4-6-13(15)7-5-12/h4-7,10-11H,8-9,16H2,1-3H3. The summed E-state index contributed by atoms with van der Waals surface area (Å²) in [6.45, 7) is 4.46. The Morgan fingerprint density at radius 3 is 2.39 bits per heavy atom. The Hall–Kier alpha value is -0.870. The first-order valence-electron chi connectivity index (χ1n) is 6.17. The highest BCUT2D eigenvalue weighted by atomic mass is 79.9. The quantitative estimate of drug-likeness (QED) is 0.907. The molecule has 0 aliphatic heterocycles. The predicted octanol–water partition coefficient (Wildman–Crippen LogP) is 2.43. The molecule has 100 valence electrons. The Bertz CT molecular complexity index is 389. The maximum absolute atomic E-state index is 12.0. The molecule has 1 aromatic carbocycles. The van der Waals surface area contributed by atoms with Gasteiger partial charge in [0.1, 0.15) is 0 Å². The molecule has 4 heteroatoms. The third-order valence-electron chi connectivity index (χ3n) is 3.20. The SMILES string of the molecule is CC(N)C(C)C(=O)N(C)CCc1ccc(Br)cc1. The van der Waals surface area contributed by atoms with Crippen LogP contribution in [0.4, 0.5) is 0 Å². The van der Waals surface area contributed by atoms with Gasteiger partial charge in [0.15, 0.2) is 0 Å². The Morgan fingerprint density at radius 1 is 1.33 bits per heavy atom. The van der Waals surface area contributed by atoms with Crippen molar-refractivity contribution in [3.05, 3.63) is 34.3 Å². The van der Waals surface area contributed by atoms with Gasteiger partial charge >= 0.3 is 0 Å². The van der Waals surface area contributed by atoms with E-state index in [2.05, 4.69) is 28.1 Å². The highest BCUT2D eigenvalue weighted by Crippen LogP contribution is 2.12. The fourth-order valence-electron chi connectivity index (χ4n) is 1.63. The van der Waals surface area contributed by atoms with Crippen molar-refractivity contribution in [2.75, 3.05) is 13.6 Å². The number of likely N-dealkylation sites (N-methyl/N-ethyl adjacent to an activating group) is 1. The van der Waals surface area contributed by atoms with Gasteiger partial charge in [0, 0.05) is 24.1 Å². The van der Waals surface area contributed by atoms with Crippen molar-refractivity contribution in [2.45, 2.75) is 26.3 Å². The fraction of sp³-hybridized carbons (Fsp3) is 0.500. The van der Waals surface area contributed by atoms with Crippen molar-refractivity contribution in [2.24, 2.45) is 11.7 Å². The summed E-state index contributed by atoms with van der Waals surface area (Å²) in [7, 11) is 1.83. The van der Waals surface area contributed by atoms with Crippen LogP contribution >= 0.6 is 15.9 Å². The van der Waals surface area contributed by atoms with E-state index in [0.717, 1.165) is 17.4 Å². The molecule has 2 atom stereocenters. The van der Waals surface area contributed by atoms with Gasteiger partial charge in [0.25, 0.3) is 0 Å². The molecule has 2 unspecified atom stereocenters. The van der Waals surface area contributed by atoms with E-state index in [0.29, 0.717) is 0 Å². The zero-order valence-corrected chi connectivity index (χ0v) is 12.8. The molecule has 0 spiro atoms. The second kappa shape index (κ2) is 6.90. The Labute approximate surface area is 117 Å². The van der Waals surface area contributed by atoms with Crippen molar-refractivity contribution in [1.82, 2.24) is 4.90 Å². The molecule has 0 fully saturated rings. The van der Waals surface area contributed by atoms with Crippen LogP contribution < -0.4 is 5.73 Å². The molecule has 18 heavy (non-hydrogen) atoms. The van der Waals surface area contributed by atoms with Gasteiger partial charge in [-0.15, -0.1) is 0 Å². The van der Waals surface area contributed by atoms with Crippen LogP contribution in [-0.2, 0) is 11.2 Å². The minimum Gasteiger partial charge on any atom is -0.345 e. The van der Waals surface area contributed by atoms with E-state index < -0.39 is 0 Å². The van der Waals surface area contributed by atoms with E-state index in [9.17, 15) is 4.79 Å². The van der Waals surface area contributed by atoms with E-state index in [4.69, 9.17) is 5.73 Å². The molecule has 1 aromatic rings. The van der Waals surface area contributed by atoms with Crippen LogP contribution in [0, 0.1) is 5.92 Å². The van der Waals surface area contributed by atoms with E-state index in [1.807, 2.05) is 33.0 Å². The van der Waals surface area contributed by atoms with Crippen LogP contribution in [0.2, 0.25) is 0 Å². The summed E-state index contributed by atoms with van der Waals surface area (Å²) in [5.74, 6) is -0.0120. The topological polar surface area (TPSA) is 46.3 Å². The molecule has 3 nitrogen and oxygen atoms in total. The maximum Gasteiger partial charge on any atom is 0.226 e. The molecule has 1 rings (SSSR count). The number of nitrogens with zero attached hydrogens (tertiary/aromatic N) is 1.